The number of hydrogen-bond donors (Lipinski definition) is 1. The van der Waals surface area contributed by atoms with Crippen LogP contribution in [0.1, 0.15) is 13.3 Å². The third-order valence-corrected chi connectivity index (χ3v) is 6.03. The zero-order valence-electron chi connectivity index (χ0n) is 17.4. The van der Waals surface area contributed by atoms with E-state index in [1.807, 2.05) is 0 Å². The molecule has 1 heterocycles. The molecular formula is C21H21ClN4O5S. The maximum atomic E-state index is 13.0. The number of anilines is 1. The van der Waals surface area contributed by atoms with Gasteiger partial charge in [-0.1, -0.05) is 35.5 Å². The van der Waals surface area contributed by atoms with Gasteiger partial charge in [-0.3, -0.25) is 24.3 Å². The second-order valence-corrected chi connectivity index (χ2v) is 8.60. The highest BCUT2D eigenvalue weighted by Gasteiger charge is 2.21. The Kier molecular flexibility index (Phi) is 7.84. The fourth-order valence-corrected chi connectivity index (χ4v) is 4.12. The minimum atomic E-state index is -0.622. The molecule has 0 bridgehead atoms. The van der Waals surface area contributed by atoms with Gasteiger partial charge in [0.25, 0.3) is 11.2 Å². The summed E-state index contributed by atoms with van der Waals surface area (Å²) < 4.78 is 6.64. The van der Waals surface area contributed by atoms with Gasteiger partial charge in [-0.05, 0) is 31.5 Å². The number of fused-ring (bicyclic) bond motifs is 1. The van der Waals surface area contributed by atoms with Crippen molar-refractivity contribution in [2.45, 2.75) is 30.3 Å². The number of hydrogen-bond acceptors (Lipinski definition) is 7. The van der Waals surface area contributed by atoms with Gasteiger partial charge in [0, 0.05) is 32.4 Å². The fraction of sp³-hybridized carbons (Fsp3) is 0.286. The van der Waals surface area contributed by atoms with E-state index in [9.17, 15) is 19.7 Å². The number of thioether (sulfide) groups is 1. The number of carbonyl (C=O) groups excluding carboxylic acids is 1. The van der Waals surface area contributed by atoms with Crippen molar-refractivity contribution in [2.24, 2.45) is 0 Å². The molecule has 2 aromatic carbocycles. The van der Waals surface area contributed by atoms with Crippen LogP contribution in [0.15, 0.2) is 52.4 Å². The van der Waals surface area contributed by atoms with E-state index in [4.69, 9.17) is 16.3 Å². The number of carbonyl (C=O) groups is 1. The van der Waals surface area contributed by atoms with E-state index in [1.165, 1.54) is 18.2 Å². The lowest BCUT2D eigenvalue weighted by Gasteiger charge is -2.16. The summed E-state index contributed by atoms with van der Waals surface area (Å²) in [5, 5.41) is 13.9. The molecule has 0 aliphatic carbocycles. The van der Waals surface area contributed by atoms with Crippen molar-refractivity contribution >= 4 is 51.5 Å². The molecule has 1 amide bonds. The number of rotatable bonds is 9. The molecule has 1 N–H and O–H groups in total. The zero-order valence-corrected chi connectivity index (χ0v) is 19.0. The molecule has 1 atom stereocenters. The molecular weight excluding hydrogens is 456 g/mol. The van der Waals surface area contributed by atoms with E-state index in [2.05, 4.69) is 10.3 Å². The third-order valence-electron chi connectivity index (χ3n) is 4.63. The molecule has 32 heavy (non-hydrogen) atoms. The van der Waals surface area contributed by atoms with Gasteiger partial charge in [0.05, 0.1) is 31.8 Å². The lowest BCUT2D eigenvalue weighted by molar-refractivity contribution is -0.384. The van der Waals surface area contributed by atoms with Crippen LogP contribution in [0, 0.1) is 10.1 Å². The molecule has 0 aliphatic rings. The molecule has 1 unspecified atom stereocenters. The molecule has 0 aliphatic heterocycles. The van der Waals surface area contributed by atoms with Crippen LogP contribution in [0.2, 0.25) is 5.02 Å². The minimum absolute atomic E-state index is 0.0602. The molecule has 3 rings (SSSR count). The Hall–Kier alpha value is -2.95. The number of nitro groups is 1. The number of halogens is 1. The number of para-hydroxylation sites is 1. The number of nitro benzene ring substituents is 1. The quantitative estimate of drug-likeness (QED) is 0.162. The summed E-state index contributed by atoms with van der Waals surface area (Å²) in [5.74, 6) is -0.378. The Morgan fingerprint density at radius 1 is 1.34 bits per heavy atom. The molecule has 168 valence electrons. The smallest absolute Gasteiger partial charge is 0.271 e. The average Bonchev–Trinajstić information content (AvgIpc) is 2.77. The summed E-state index contributed by atoms with van der Waals surface area (Å²) in [5.41, 5.74) is 0.462. The Morgan fingerprint density at radius 3 is 2.78 bits per heavy atom. The molecule has 1 aromatic heterocycles. The summed E-state index contributed by atoms with van der Waals surface area (Å²) in [6.07, 6.45) is 0.614. The number of ether oxygens (including phenoxy) is 1. The van der Waals surface area contributed by atoms with Crippen LogP contribution in [0.25, 0.3) is 10.9 Å². The SMILES string of the molecule is COCCCn1c(SC(C)C(=O)Nc2ccc([N+](=O)[O-])cc2Cl)nc2ccccc2c1=O. The van der Waals surface area contributed by atoms with Crippen molar-refractivity contribution in [1.82, 2.24) is 9.55 Å². The molecule has 11 heteroatoms. The van der Waals surface area contributed by atoms with Crippen molar-refractivity contribution in [3.63, 3.8) is 0 Å². The normalized spacial score (nSPS) is 12.0. The van der Waals surface area contributed by atoms with Crippen molar-refractivity contribution in [3.8, 4) is 0 Å². The number of amides is 1. The first-order chi connectivity index (χ1) is 15.3. The van der Waals surface area contributed by atoms with Gasteiger partial charge in [-0.2, -0.15) is 0 Å². The van der Waals surface area contributed by atoms with Gasteiger partial charge in [-0.25, -0.2) is 4.98 Å². The highest BCUT2D eigenvalue weighted by Crippen LogP contribution is 2.28. The Balaban J connectivity index is 1.84. The molecule has 0 saturated heterocycles. The maximum absolute atomic E-state index is 13.0. The second-order valence-electron chi connectivity index (χ2n) is 6.89. The van der Waals surface area contributed by atoms with Gasteiger partial charge >= 0.3 is 0 Å². The number of nitrogens with one attached hydrogen (secondary N) is 1. The molecule has 3 aromatic rings. The zero-order chi connectivity index (χ0) is 23.3. The van der Waals surface area contributed by atoms with Crippen LogP contribution >= 0.6 is 23.4 Å². The molecule has 9 nitrogen and oxygen atoms in total. The van der Waals surface area contributed by atoms with Crippen LogP contribution in [-0.4, -0.2) is 39.3 Å². The van der Waals surface area contributed by atoms with E-state index < -0.39 is 10.2 Å². The monoisotopic (exact) mass is 476 g/mol. The van der Waals surface area contributed by atoms with Crippen LogP contribution in [0.3, 0.4) is 0 Å². The van der Waals surface area contributed by atoms with Crippen molar-refractivity contribution in [3.05, 3.63) is 68.0 Å². The number of aromatic nitrogens is 2. The molecule has 0 spiro atoms. The topological polar surface area (TPSA) is 116 Å². The summed E-state index contributed by atoms with van der Waals surface area (Å²) in [6.45, 7) is 2.56. The summed E-state index contributed by atoms with van der Waals surface area (Å²) in [7, 11) is 1.59. The van der Waals surface area contributed by atoms with Crippen molar-refractivity contribution in [2.75, 3.05) is 19.0 Å². The van der Waals surface area contributed by atoms with Crippen LogP contribution in [0.5, 0.6) is 0 Å². The first-order valence-corrected chi connectivity index (χ1v) is 11.0. The summed E-state index contributed by atoms with van der Waals surface area (Å²) in [6, 6.07) is 10.9. The van der Waals surface area contributed by atoms with Gasteiger partial charge in [0.1, 0.15) is 0 Å². The Morgan fingerprint density at radius 2 is 2.09 bits per heavy atom. The summed E-state index contributed by atoms with van der Waals surface area (Å²) in [4.78, 5) is 40.7. The van der Waals surface area contributed by atoms with E-state index in [1.54, 1.807) is 42.9 Å². The number of methoxy groups -OCH3 is 1. The lowest BCUT2D eigenvalue weighted by Crippen LogP contribution is -2.27. The van der Waals surface area contributed by atoms with Crippen molar-refractivity contribution < 1.29 is 14.5 Å². The fourth-order valence-electron chi connectivity index (χ4n) is 2.97. The second kappa shape index (κ2) is 10.6. The number of nitrogens with zero attached hydrogens (tertiary/aromatic N) is 3. The lowest BCUT2D eigenvalue weighted by atomic mass is 10.2. The number of non-ortho nitro benzene ring substituents is 1. The number of benzene rings is 2. The third kappa shape index (κ3) is 5.45. The average molecular weight is 477 g/mol. The first kappa shape index (κ1) is 23.7. The summed E-state index contributed by atoms with van der Waals surface area (Å²) >= 11 is 7.22. The molecule has 0 radical (unpaired) electrons. The van der Waals surface area contributed by atoms with Gasteiger partial charge < -0.3 is 10.1 Å². The van der Waals surface area contributed by atoms with Crippen LogP contribution in [0.4, 0.5) is 11.4 Å². The molecule has 0 saturated carbocycles. The van der Waals surface area contributed by atoms with Crippen molar-refractivity contribution in [1.29, 1.82) is 0 Å². The highest BCUT2D eigenvalue weighted by molar-refractivity contribution is 8.00. The van der Waals surface area contributed by atoms with E-state index >= 15 is 0 Å². The van der Waals surface area contributed by atoms with Crippen LogP contribution in [-0.2, 0) is 16.1 Å². The minimum Gasteiger partial charge on any atom is -0.385 e. The van der Waals surface area contributed by atoms with Crippen LogP contribution < -0.4 is 10.9 Å². The van der Waals surface area contributed by atoms with Gasteiger partial charge in [0.15, 0.2) is 5.16 Å². The largest absolute Gasteiger partial charge is 0.385 e. The highest BCUT2D eigenvalue weighted by atomic mass is 35.5. The van der Waals surface area contributed by atoms with E-state index in [0.29, 0.717) is 35.6 Å². The standard InChI is InChI=1S/C21H21ClN4O5S/c1-13(19(27)23-18-9-8-14(26(29)30)12-16(18)22)32-21-24-17-7-4-3-6-15(17)20(28)25(21)10-5-11-31-2/h3-4,6-9,12-13H,5,10-11H2,1-2H3,(H,23,27). The Labute approximate surface area is 192 Å². The van der Waals surface area contributed by atoms with Gasteiger partial charge in [0.2, 0.25) is 5.91 Å². The Bertz CT molecular complexity index is 1220. The first-order valence-electron chi connectivity index (χ1n) is 9.71. The molecule has 0 fully saturated rings. The van der Waals surface area contributed by atoms with E-state index in [0.717, 1.165) is 11.8 Å². The predicted molar refractivity (Wildman–Crippen MR) is 125 cm³/mol. The maximum Gasteiger partial charge on any atom is 0.271 e. The van der Waals surface area contributed by atoms with E-state index in [-0.39, 0.29) is 27.9 Å². The predicted octanol–water partition coefficient (Wildman–Crippen LogP) is 4.11. The van der Waals surface area contributed by atoms with Gasteiger partial charge in [-0.15, -0.1) is 0 Å².